The molecule has 2 rings (SSSR count). The van der Waals surface area contributed by atoms with Crippen LogP contribution in [-0.2, 0) is 6.54 Å². The van der Waals surface area contributed by atoms with Crippen molar-refractivity contribution in [2.24, 2.45) is 0 Å². The molecule has 1 amide bonds. The zero-order valence-corrected chi connectivity index (χ0v) is 12.6. The van der Waals surface area contributed by atoms with E-state index in [1.54, 1.807) is 0 Å². The number of thiocarbonyl (C=S) groups is 1. The molecule has 0 aliphatic rings. The third kappa shape index (κ3) is 4.04. The molecule has 0 unspecified atom stereocenters. The molecule has 6 heteroatoms. The summed E-state index contributed by atoms with van der Waals surface area (Å²) in [5, 5.41) is 5.29. The second kappa shape index (κ2) is 7.02. The lowest BCUT2D eigenvalue weighted by molar-refractivity contribution is 0.0947. The van der Waals surface area contributed by atoms with Gasteiger partial charge in [-0.15, -0.1) is 11.3 Å². The van der Waals surface area contributed by atoms with Crippen molar-refractivity contribution in [3.63, 3.8) is 0 Å². The molecule has 0 aliphatic heterocycles. The minimum absolute atomic E-state index is 0.179. The summed E-state index contributed by atoms with van der Waals surface area (Å²) in [6.45, 7) is 2.51. The number of hydrogen-bond donors (Lipinski definition) is 3. The van der Waals surface area contributed by atoms with Gasteiger partial charge in [0.15, 0.2) is 5.11 Å². The Morgan fingerprint density at radius 2 is 1.95 bits per heavy atom. The lowest BCUT2D eigenvalue weighted by Crippen LogP contribution is -2.46. The fraction of sp³-hybridized carbons (Fsp3) is 0.143. The lowest BCUT2D eigenvalue weighted by atomic mass is 10.2. The van der Waals surface area contributed by atoms with Crippen LogP contribution in [0.25, 0.3) is 0 Å². The van der Waals surface area contributed by atoms with Gasteiger partial charge in [0, 0.05) is 6.54 Å². The molecule has 0 saturated heterocycles. The summed E-state index contributed by atoms with van der Waals surface area (Å²) in [4.78, 5) is 12.5. The Kier molecular flexibility index (Phi) is 5.09. The van der Waals surface area contributed by atoms with Crippen LogP contribution in [0.3, 0.4) is 0 Å². The molecule has 0 spiro atoms. The molecule has 1 heterocycles. The number of rotatable bonds is 3. The Hall–Kier alpha value is -1.92. The molecule has 4 nitrogen and oxygen atoms in total. The van der Waals surface area contributed by atoms with Crippen molar-refractivity contribution in [3.05, 3.63) is 57.8 Å². The van der Waals surface area contributed by atoms with Gasteiger partial charge < -0.3 is 5.32 Å². The number of carbonyl (C=O) groups is 1. The minimum Gasteiger partial charge on any atom is -0.357 e. The van der Waals surface area contributed by atoms with E-state index in [1.165, 1.54) is 11.3 Å². The van der Waals surface area contributed by atoms with Crippen LogP contribution in [0.5, 0.6) is 0 Å². The SMILES string of the molecule is Cc1ccsc1C(=O)NNC(=S)NCc1ccccc1. The first-order valence-electron chi connectivity index (χ1n) is 6.09. The first-order valence-corrected chi connectivity index (χ1v) is 7.38. The van der Waals surface area contributed by atoms with E-state index in [0.29, 0.717) is 16.5 Å². The van der Waals surface area contributed by atoms with Gasteiger partial charge in [-0.3, -0.25) is 15.6 Å². The molecule has 1 aromatic carbocycles. The van der Waals surface area contributed by atoms with Crippen molar-refractivity contribution >= 4 is 34.6 Å². The molecule has 104 valence electrons. The molecule has 20 heavy (non-hydrogen) atoms. The molecule has 0 atom stereocenters. The summed E-state index contributed by atoms with van der Waals surface area (Å²) in [7, 11) is 0. The Morgan fingerprint density at radius 1 is 1.20 bits per heavy atom. The van der Waals surface area contributed by atoms with E-state index in [1.807, 2.05) is 48.7 Å². The maximum absolute atomic E-state index is 11.9. The van der Waals surface area contributed by atoms with Crippen LogP contribution < -0.4 is 16.2 Å². The second-order valence-electron chi connectivity index (χ2n) is 4.18. The summed E-state index contributed by atoms with van der Waals surface area (Å²) in [5.41, 5.74) is 7.35. The van der Waals surface area contributed by atoms with Gasteiger partial charge in [0.05, 0.1) is 4.88 Å². The van der Waals surface area contributed by atoms with Gasteiger partial charge in [0.25, 0.3) is 5.91 Å². The molecule has 0 radical (unpaired) electrons. The van der Waals surface area contributed by atoms with Crippen molar-refractivity contribution < 1.29 is 4.79 Å². The summed E-state index contributed by atoms with van der Waals surface area (Å²) in [6.07, 6.45) is 0. The van der Waals surface area contributed by atoms with E-state index in [9.17, 15) is 4.79 Å². The number of hydrazine groups is 1. The smallest absolute Gasteiger partial charge is 0.279 e. The minimum atomic E-state index is -0.179. The van der Waals surface area contributed by atoms with Crippen LogP contribution in [0.1, 0.15) is 20.8 Å². The molecule has 3 N–H and O–H groups in total. The number of aryl methyl sites for hydroxylation is 1. The van der Waals surface area contributed by atoms with E-state index in [4.69, 9.17) is 12.2 Å². The van der Waals surface area contributed by atoms with Gasteiger partial charge >= 0.3 is 0 Å². The third-order valence-electron chi connectivity index (χ3n) is 2.65. The summed E-state index contributed by atoms with van der Waals surface area (Å²) in [6, 6.07) is 11.8. The van der Waals surface area contributed by atoms with E-state index >= 15 is 0 Å². The van der Waals surface area contributed by atoms with Crippen LogP contribution in [0, 0.1) is 6.92 Å². The predicted molar refractivity (Wildman–Crippen MR) is 85.5 cm³/mol. The maximum Gasteiger partial charge on any atom is 0.279 e. The highest BCUT2D eigenvalue weighted by Crippen LogP contribution is 2.14. The highest BCUT2D eigenvalue weighted by atomic mass is 32.1. The zero-order valence-electron chi connectivity index (χ0n) is 11.0. The molecule has 1 aromatic heterocycles. The summed E-state index contributed by atoms with van der Waals surface area (Å²) in [5.74, 6) is -0.179. The van der Waals surface area contributed by atoms with Gasteiger partial charge in [-0.1, -0.05) is 30.3 Å². The van der Waals surface area contributed by atoms with Gasteiger partial charge in [0.2, 0.25) is 0 Å². The fourth-order valence-electron chi connectivity index (χ4n) is 1.60. The molecule has 2 aromatic rings. The second-order valence-corrected chi connectivity index (χ2v) is 5.50. The monoisotopic (exact) mass is 305 g/mol. The number of amides is 1. The van der Waals surface area contributed by atoms with E-state index < -0.39 is 0 Å². The quantitative estimate of drug-likeness (QED) is 0.602. The van der Waals surface area contributed by atoms with E-state index in [0.717, 1.165) is 11.1 Å². The first kappa shape index (κ1) is 14.5. The Bertz CT molecular complexity index is 595. The van der Waals surface area contributed by atoms with Gasteiger partial charge in [-0.2, -0.15) is 0 Å². The molecule has 0 bridgehead atoms. The van der Waals surface area contributed by atoms with Gasteiger partial charge in [0.1, 0.15) is 0 Å². The number of benzene rings is 1. The van der Waals surface area contributed by atoms with Crippen LogP contribution >= 0.6 is 23.6 Å². The van der Waals surface area contributed by atoms with E-state index in [2.05, 4.69) is 16.2 Å². The average Bonchev–Trinajstić information content (AvgIpc) is 2.90. The van der Waals surface area contributed by atoms with E-state index in [-0.39, 0.29) is 5.91 Å². The summed E-state index contributed by atoms with van der Waals surface area (Å²) >= 11 is 6.50. The predicted octanol–water partition coefficient (Wildman–Crippen LogP) is 2.37. The molecular weight excluding hydrogens is 290 g/mol. The normalized spacial score (nSPS) is 9.85. The van der Waals surface area contributed by atoms with Crippen molar-refractivity contribution in [2.45, 2.75) is 13.5 Å². The fourth-order valence-corrected chi connectivity index (χ4v) is 2.54. The highest BCUT2D eigenvalue weighted by molar-refractivity contribution is 7.80. The van der Waals surface area contributed by atoms with Crippen LogP contribution in [-0.4, -0.2) is 11.0 Å². The average molecular weight is 305 g/mol. The summed E-state index contributed by atoms with van der Waals surface area (Å²) < 4.78 is 0. The lowest BCUT2D eigenvalue weighted by Gasteiger charge is -2.11. The Balaban J connectivity index is 1.75. The third-order valence-corrected chi connectivity index (χ3v) is 3.92. The molecule has 0 saturated carbocycles. The molecule has 0 aliphatic carbocycles. The topological polar surface area (TPSA) is 53.2 Å². The Morgan fingerprint density at radius 3 is 2.60 bits per heavy atom. The first-order chi connectivity index (χ1) is 9.66. The van der Waals surface area contributed by atoms with Gasteiger partial charge in [-0.05, 0) is 41.7 Å². The van der Waals surface area contributed by atoms with Crippen LogP contribution in [0.4, 0.5) is 0 Å². The number of hydrogen-bond acceptors (Lipinski definition) is 3. The van der Waals surface area contributed by atoms with Crippen molar-refractivity contribution in [1.29, 1.82) is 0 Å². The molecule has 0 fully saturated rings. The number of carbonyl (C=O) groups excluding carboxylic acids is 1. The van der Waals surface area contributed by atoms with Crippen LogP contribution in [0.2, 0.25) is 0 Å². The van der Waals surface area contributed by atoms with Crippen molar-refractivity contribution in [1.82, 2.24) is 16.2 Å². The van der Waals surface area contributed by atoms with Crippen molar-refractivity contribution in [3.8, 4) is 0 Å². The zero-order chi connectivity index (χ0) is 14.4. The number of nitrogens with one attached hydrogen (secondary N) is 3. The van der Waals surface area contributed by atoms with Crippen molar-refractivity contribution in [2.75, 3.05) is 0 Å². The van der Waals surface area contributed by atoms with Crippen LogP contribution in [0.15, 0.2) is 41.8 Å². The standard InChI is InChI=1S/C14H15N3OS2/c1-10-7-8-20-12(10)13(18)16-17-14(19)15-9-11-5-3-2-4-6-11/h2-8H,9H2,1H3,(H,16,18)(H2,15,17,19). The number of thiophene rings is 1. The molecular formula is C14H15N3OS2. The Labute approximate surface area is 127 Å². The maximum atomic E-state index is 11.9. The highest BCUT2D eigenvalue weighted by Gasteiger charge is 2.09. The largest absolute Gasteiger partial charge is 0.357 e. The van der Waals surface area contributed by atoms with Gasteiger partial charge in [-0.25, -0.2) is 0 Å².